The predicted octanol–water partition coefficient (Wildman–Crippen LogP) is 1.81. The highest BCUT2D eigenvalue weighted by atomic mass is 32.2. The fraction of sp³-hybridized carbons (Fsp3) is 0.950. The van der Waals surface area contributed by atoms with Crippen molar-refractivity contribution >= 4 is 16.1 Å². The number of amides is 1. The first-order valence-electron chi connectivity index (χ1n) is 11.1. The normalized spacial score (nSPS) is 26.2. The van der Waals surface area contributed by atoms with Gasteiger partial charge in [-0.1, -0.05) is 26.2 Å². The van der Waals surface area contributed by atoms with Gasteiger partial charge in [0.25, 0.3) is 10.2 Å². The summed E-state index contributed by atoms with van der Waals surface area (Å²) in [5.41, 5.74) is 0.409. The molecule has 2 aliphatic heterocycles. The minimum absolute atomic E-state index is 0.0273. The van der Waals surface area contributed by atoms with E-state index in [2.05, 4.69) is 10.2 Å². The van der Waals surface area contributed by atoms with E-state index in [0.29, 0.717) is 51.2 Å². The first-order chi connectivity index (χ1) is 13.3. The molecule has 0 aromatic rings. The van der Waals surface area contributed by atoms with Crippen LogP contribution in [-0.2, 0) is 15.0 Å². The maximum absolute atomic E-state index is 13.1. The van der Waals surface area contributed by atoms with Crippen molar-refractivity contribution in [3.8, 4) is 0 Å². The maximum atomic E-state index is 13.1. The zero-order chi connectivity index (χ0) is 20.2. The summed E-state index contributed by atoms with van der Waals surface area (Å²) in [6, 6.07) is 0.181. The van der Waals surface area contributed by atoms with Crippen molar-refractivity contribution in [3.05, 3.63) is 0 Å². The zero-order valence-corrected chi connectivity index (χ0v) is 18.5. The van der Waals surface area contributed by atoms with Crippen LogP contribution in [0.4, 0.5) is 0 Å². The largest absolute Gasteiger partial charge is 0.353 e. The number of nitrogens with one attached hydrogen (secondary N) is 1. The maximum Gasteiger partial charge on any atom is 0.282 e. The zero-order valence-electron chi connectivity index (χ0n) is 17.7. The van der Waals surface area contributed by atoms with Crippen LogP contribution in [-0.4, -0.2) is 79.7 Å². The van der Waals surface area contributed by atoms with Crippen LogP contribution in [0.25, 0.3) is 0 Å². The molecular weight excluding hydrogens is 376 g/mol. The van der Waals surface area contributed by atoms with Gasteiger partial charge in [0.15, 0.2) is 0 Å². The lowest BCUT2D eigenvalue weighted by Crippen LogP contribution is -2.56. The van der Waals surface area contributed by atoms with Crippen LogP contribution >= 0.6 is 0 Å². The number of rotatable bonds is 6. The topological polar surface area (TPSA) is 73.0 Å². The summed E-state index contributed by atoms with van der Waals surface area (Å²) in [4.78, 5) is 14.1. The molecule has 1 N–H and O–H groups in total. The molecule has 1 saturated carbocycles. The Bertz CT molecular complexity index is 615. The number of piperidine rings is 1. The third kappa shape index (κ3) is 5.26. The molecule has 1 aliphatic carbocycles. The number of carbonyl (C=O) groups excluding carboxylic acids is 1. The Morgan fingerprint density at radius 3 is 2.07 bits per heavy atom. The summed E-state index contributed by atoms with van der Waals surface area (Å²) in [6.45, 7) is 7.91. The summed E-state index contributed by atoms with van der Waals surface area (Å²) in [5.74, 6) is 0.0273. The van der Waals surface area contributed by atoms with Gasteiger partial charge in [-0.15, -0.1) is 0 Å². The molecule has 3 fully saturated rings. The van der Waals surface area contributed by atoms with Crippen molar-refractivity contribution in [2.75, 3.05) is 45.8 Å². The molecule has 2 saturated heterocycles. The summed E-state index contributed by atoms with van der Waals surface area (Å²) in [5, 5.41) is 2.98. The van der Waals surface area contributed by atoms with E-state index in [9.17, 15) is 13.2 Å². The Hall–Kier alpha value is -0.700. The van der Waals surface area contributed by atoms with E-state index < -0.39 is 10.2 Å². The van der Waals surface area contributed by atoms with Gasteiger partial charge in [0.1, 0.15) is 0 Å². The summed E-state index contributed by atoms with van der Waals surface area (Å²) in [6.07, 6.45) is 9.44. The molecule has 1 spiro atoms. The van der Waals surface area contributed by atoms with Crippen molar-refractivity contribution in [1.82, 2.24) is 18.8 Å². The quantitative estimate of drug-likeness (QED) is 0.719. The van der Waals surface area contributed by atoms with Crippen LogP contribution in [0.2, 0.25) is 0 Å². The Morgan fingerprint density at radius 2 is 1.50 bits per heavy atom. The number of hydrogen-bond donors (Lipinski definition) is 1. The number of hydrogen-bond acceptors (Lipinski definition) is 4. The smallest absolute Gasteiger partial charge is 0.282 e. The molecule has 8 heteroatoms. The lowest BCUT2D eigenvalue weighted by atomic mass is 9.68. The highest BCUT2D eigenvalue weighted by molar-refractivity contribution is 7.86. The second kappa shape index (κ2) is 9.41. The molecule has 0 radical (unpaired) electrons. The molecule has 1 unspecified atom stereocenters. The van der Waals surface area contributed by atoms with Crippen molar-refractivity contribution in [1.29, 1.82) is 0 Å². The molecule has 162 valence electrons. The van der Waals surface area contributed by atoms with Crippen molar-refractivity contribution < 1.29 is 13.2 Å². The number of carbonyl (C=O) groups is 1. The fourth-order valence-corrected chi connectivity index (χ4v) is 6.50. The van der Waals surface area contributed by atoms with E-state index in [1.54, 1.807) is 8.61 Å². The molecule has 28 heavy (non-hydrogen) atoms. The van der Waals surface area contributed by atoms with Crippen molar-refractivity contribution in [2.24, 2.45) is 5.41 Å². The van der Waals surface area contributed by atoms with Gasteiger partial charge in [0, 0.05) is 45.3 Å². The van der Waals surface area contributed by atoms with E-state index in [-0.39, 0.29) is 11.9 Å². The molecule has 2 heterocycles. The average Bonchev–Trinajstić information content (AvgIpc) is 2.69. The van der Waals surface area contributed by atoms with Crippen molar-refractivity contribution in [2.45, 2.75) is 71.3 Å². The number of piperazine rings is 1. The van der Waals surface area contributed by atoms with E-state index in [4.69, 9.17) is 0 Å². The SMILES string of the molecule is CCC(C)NC(=O)CN1CCN(S(=O)(=O)N2CCC3(CCCCC3)CC2)CC1. The van der Waals surface area contributed by atoms with Crippen LogP contribution in [0.15, 0.2) is 0 Å². The summed E-state index contributed by atoms with van der Waals surface area (Å²) >= 11 is 0. The number of nitrogens with zero attached hydrogens (tertiary/aromatic N) is 3. The third-order valence-corrected chi connectivity index (χ3v) is 9.10. The van der Waals surface area contributed by atoms with Gasteiger partial charge in [-0.25, -0.2) is 0 Å². The summed E-state index contributed by atoms with van der Waals surface area (Å²) in [7, 11) is -3.38. The standard InChI is InChI=1S/C20H38N4O3S/c1-3-18(2)21-19(25)17-22-13-15-24(16-14-22)28(26,27)23-11-9-20(10-12-23)7-5-4-6-8-20/h18H,3-17H2,1-2H3,(H,21,25). The Balaban J connectivity index is 1.46. The molecular formula is C20H38N4O3S. The minimum Gasteiger partial charge on any atom is -0.353 e. The van der Waals surface area contributed by atoms with E-state index in [1.165, 1.54) is 32.1 Å². The van der Waals surface area contributed by atoms with Crippen LogP contribution in [0.3, 0.4) is 0 Å². The lowest BCUT2D eigenvalue weighted by Gasteiger charge is -2.45. The molecule has 3 aliphatic rings. The van der Waals surface area contributed by atoms with Gasteiger partial charge < -0.3 is 5.32 Å². The van der Waals surface area contributed by atoms with Gasteiger partial charge in [-0.3, -0.25) is 9.69 Å². The van der Waals surface area contributed by atoms with Gasteiger partial charge in [-0.05, 0) is 44.4 Å². The minimum atomic E-state index is -3.38. The van der Waals surface area contributed by atoms with Crippen molar-refractivity contribution in [3.63, 3.8) is 0 Å². The molecule has 7 nitrogen and oxygen atoms in total. The molecule has 0 aromatic heterocycles. The molecule has 0 bridgehead atoms. The average molecular weight is 415 g/mol. The highest BCUT2D eigenvalue weighted by Crippen LogP contribution is 2.45. The van der Waals surface area contributed by atoms with Crippen LogP contribution in [0, 0.1) is 5.41 Å². The first kappa shape index (κ1) is 22.0. The Labute approximate surface area is 171 Å². The lowest BCUT2D eigenvalue weighted by molar-refractivity contribution is -0.123. The van der Waals surface area contributed by atoms with Gasteiger partial charge in [0.2, 0.25) is 5.91 Å². The van der Waals surface area contributed by atoms with E-state index >= 15 is 0 Å². The van der Waals surface area contributed by atoms with Crippen LogP contribution < -0.4 is 5.32 Å². The van der Waals surface area contributed by atoms with E-state index in [1.807, 2.05) is 13.8 Å². The van der Waals surface area contributed by atoms with E-state index in [0.717, 1.165) is 19.3 Å². The molecule has 1 amide bonds. The van der Waals surface area contributed by atoms with Crippen LogP contribution in [0.5, 0.6) is 0 Å². The monoisotopic (exact) mass is 414 g/mol. The first-order valence-corrected chi connectivity index (χ1v) is 12.5. The Kier molecular flexibility index (Phi) is 7.39. The molecule has 3 rings (SSSR count). The van der Waals surface area contributed by atoms with Crippen LogP contribution in [0.1, 0.15) is 65.2 Å². The predicted molar refractivity (Wildman–Crippen MR) is 111 cm³/mol. The highest BCUT2D eigenvalue weighted by Gasteiger charge is 2.40. The van der Waals surface area contributed by atoms with Gasteiger partial charge in [0.05, 0.1) is 6.54 Å². The van der Waals surface area contributed by atoms with Gasteiger partial charge in [-0.2, -0.15) is 17.0 Å². The second-order valence-corrected chi connectivity index (χ2v) is 10.9. The molecule has 1 atom stereocenters. The van der Waals surface area contributed by atoms with Gasteiger partial charge >= 0.3 is 0 Å². The Morgan fingerprint density at radius 1 is 0.929 bits per heavy atom. The second-order valence-electron chi connectivity index (χ2n) is 9.02. The third-order valence-electron chi connectivity index (χ3n) is 7.07. The molecule has 0 aromatic carbocycles. The summed E-state index contributed by atoms with van der Waals surface area (Å²) < 4.78 is 29.5. The fourth-order valence-electron chi connectivity index (χ4n) is 4.90.